The number of carbonyl (C=O) groups is 2. The zero-order chi connectivity index (χ0) is 29.8. The minimum Gasteiger partial charge on any atom is -1.00 e. The molecule has 0 radical (unpaired) electrons. The Bertz CT molecular complexity index is 469. The van der Waals surface area contributed by atoms with Crippen molar-refractivity contribution >= 4 is 49.6 Å². The zero-order valence-electron chi connectivity index (χ0n) is 30.2. The molecule has 0 aromatic rings. The molecule has 0 heterocycles. The molecule has 0 bridgehead atoms. The van der Waals surface area contributed by atoms with E-state index in [1.54, 1.807) is 0 Å². The fourth-order valence-electron chi connectivity index (χ4n) is 5.32. The summed E-state index contributed by atoms with van der Waals surface area (Å²) in [6, 6.07) is 0. The van der Waals surface area contributed by atoms with Crippen molar-refractivity contribution < 1.29 is 17.5 Å². The Labute approximate surface area is 290 Å². The van der Waals surface area contributed by atoms with Crippen molar-refractivity contribution in [3.8, 4) is 0 Å². The molecule has 3 N–H and O–H groups in total. The predicted molar refractivity (Wildman–Crippen MR) is 184 cm³/mol. The third-order valence-corrected chi connectivity index (χ3v) is 8.02. The summed E-state index contributed by atoms with van der Waals surface area (Å²) < 4.78 is 0. The summed E-state index contributed by atoms with van der Waals surface area (Å²) in [6.07, 6.45) is 41.1. The number of carboxylic acids is 1. The molecule has 0 fully saturated rings. The van der Waals surface area contributed by atoms with Gasteiger partial charge in [-0.1, -0.05) is 194 Å². The van der Waals surface area contributed by atoms with E-state index in [-0.39, 0.29) is 46.5 Å². The maximum Gasteiger partial charge on any atom is 2.00 e. The Morgan fingerprint density at radius 2 is 0.610 bits per heavy atom. The van der Waals surface area contributed by atoms with Crippen molar-refractivity contribution in [1.82, 2.24) is 0 Å². The molecule has 0 aliphatic heterocycles. The second kappa shape index (κ2) is 42.3. The van der Waals surface area contributed by atoms with Crippen LogP contribution in [-0.4, -0.2) is 54.7 Å². The third-order valence-electron chi connectivity index (χ3n) is 8.02. The third kappa shape index (κ3) is 50.2. The number of unbranched alkanes of at least 4 members (excludes halogenated alkanes) is 28. The number of hydrogen-bond acceptors (Lipinski definition) is 2. The Morgan fingerprint density at radius 1 is 0.415 bits per heavy atom. The van der Waals surface area contributed by atoms with Gasteiger partial charge in [0.15, 0.2) is 0 Å². The van der Waals surface area contributed by atoms with Crippen LogP contribution in [0.1, 0.15) is 222 Å². The molecule has 0 aromatic carbocycles. The summed E-state index contributed by atoms with van der Waals surface area (Å²) in [5.41, 5.74) is 5.11. The van der Waals surface area contributed by atoms with Gasteiger partial charge in [0.05, 0.1) is 0 Å². The molecule has 5 heteroatoms. The fourth-order valence-corrected chi connectivity index (χ4v) is 5.32. The molecule has 0 unspecified atom stereocenters. The van der Waals surface area contributed by atoms with Crippen LogP contribution >= 0.6 is 0 Å². The van der Waals surface area contributed by atoms with Crippen LogP contribution in [0.4, 0.5) is 0 Å². The van der Waals surface area contributed by atoms with Gasteiger partial charge in [-0.25, -0.2) is 0 Å². The van der Waals surface area contributed by atoms with Crippen LogP contribution in [0.15, 0.2) is 0 Å². The largest absolute Gasteiger partial charge is 2.00 e. The van der Waals surface area contributed by atoms with E-state index in [0.717, 1.165) is 19.3 Å². The van der Waals surface area contributed by atoms with Gasteiger partial charge in [0.1, 0.15) is 0 Å². The normalized spacial score (nSPS) is 10.6. The molecule has 1 amide bonds. The summed E-state index contributed by atoms with van der Waals surface area (Å²) in [6.45, 7) is 4.55. The number of rotatable bonds is 32. The van der Waals surface area contributed by atoms with Gasteiger partial charge >= 0.3 is 43.7 Å². The summed E-state index contributed by atoms with van der Waals surface area (Å²) in [4.78, 5) is 20.9. The smallest absolute Gasteiger partial charge is 1.00 e. The molecule has 0 atom stereocenters. The van der Waals surface area contributed by atoms with Crippen molar-refractivity contribution in [2.45, 2.75) is 219 Å². The maximum atomic E-state index is 10.6. The molecule has 0 aliphatic rings. The first-order valence-corrected chi connectivity index (χ1v) is 18.0. The van der Waals surface area contributed by atoms with E-state index >= 15 is 0 Å². The molecule has 41 heavy (non-hydrogen) atoms. The van der Waals surface area contributed by atoms with Gasteiger partial charge in [0.25, 0.3) is 0 Å². The number of primary amides is 1. The first-order valence-electron chi connectivity index (χ1n) is 18.0. The predicted octanol–water partition coefficient (Wildman–Crippen LogP) is 11.9. The zero-order valence-corrected chi connectivity index (χ0v) is 30.4. The fraction of sp³-hybridized carbons (Fsp3) is 0.944. The number of carboxylic acid groups (broad SMARTS) is 1. The average Bonchev–Trinajstić information content (AvgIpc) is 2.93. The minimum absolute atomic E-state index is 0. The van der Waals surface area contributed by atoms with Crippen LogP contribution in [0.3, 0.4) is 0 Å². The molecule has 0 spiro atoms. The Balaban J connectivity index is -0.000000209. The molecule has 0 aliphatic carbocycles. The van der Waals surface area contributed by atoms with Crippen molar-refractivity contribution in [2.75, 3.05) is 0 Å². The summed E-state index contributed by atoms with van der Waals surface area (Å²) in [5, 5.41) is 8.52. The number of nitrogens with two attached hydrogens (primary N) is 1. The molecule has 0 saturated carbocycles. The Kier molecular flexibility index (Phi) is 47.1. The minimum atomic E-state index is -0.653. The summed E-state index contributed by atoms with van der Waals surface area (Å²) in [5.74, 6) is -0.806. The number of carbonyl (C=O) groups excluding carboxylic acids is 1. The molecular weight excluding hydrogens is 534 g/mol. The van der Waals surface area contributed by atoms with E-state index in [0.29, 0.717) is 12.8 Å². The van der Waals surface area contributed by atoms with E-state index in [1.807, 2.05) is 0 Å². The maximum absolute atomic E-state index is 10.6. The van der Waals surface area contributed by atoms with Crippen LogP contribution in [-0.2, 0) is 9.59 Å². The van der Waals surface area contributed by atoms with Crippen molar-refractivity contribution in [1.29, 1.82) is 0 Å². The average molecular weight is 610 g/mol. The second-order valence-electron chi connectivity index (χ2n) is 12.3. The van der Waals surface area contributed by atoms with Crippen LogP contribution in [0.2, 0.25) is 0 Å². The van der Waals surface area contributed by atoms with Crippen molar-refractivity contribution in [2.24, 2.45) is 5.73 Å². The molecular formula is C36H75CaNO3. The SMILES string of the molecule is CCCCCCCCCCCCCCCCCC(=O)O.CCCCCCCCCCCCCCCCCC(N)=O.[Ca+2].[H-].[H-]. The summed E-state index contributed by atoms with van der Waals surface area (Å²) >= 11 is 0. The standard InChI is InChI=1S/C18H37NO.C18H36O2.Ca.2H/c2*1-2-3-4-5-6-7-8-9-10-11-12-13-14-15-16-17-18(19)20;;;/h2-17H2,1H3,(H2,19,20);2-17H2,1H3,(H,19,20);;;/q;;+2;2*-1. The van der Waals surface area contributed by atoms with E-state index in [2.05, 4.69) is 13.8 Å². The van der Waals surface area contributed by atoms with E-state index in [1.165, 1.54) is 173 Å². The number of amides is 1. The quantitative estimate of drug-likeness (QED) is 0.0588. The van der Waals surface area contributed by atoms with Gasteiger partial charge in [0.2, 0.25) is 5.91 Å². The van der Waals surface area contributed by atoms with E-state index in [9.17, 15) is 9.59 Å². The summed E-state index contributed by atoms with van der Waals surface area (Å²) in [7, 11) is 0. The molecule has 0 aromatic heterocycles. The first kappa shape index (κ1) is 45.6. The molecule has 244 valence electrons. The van der Waals surface area contributed by atoms with Gasteiger partial charge in [-0.2, -0.15) is 0 Å². The van der Waals surface area contributed by atoms with E-state index in [4.69, 9.17) is 10.8 Å². The van der Waals surface area contributed by atoms with Crippen LogP contribution < -0.4 is 5.73 Å². The topological polar surface area (TPSA) is 80.4 Å². The van der Waals surface area contributed by atoms with Crippen LogP contribution in [0, 0.1) is 0 Å². The molecule has 4 nitrogen and oxygen atoms in total. The molecule has 0 saturated heterocycles. The first-order chi connectivity index (χ1) is 19.5. The monoisotopic (exact) mass is 610 g/mol. The van der Waals surface area contributed by atoms with E-state index < -0.39 is 5.97 Å². The van der Waals surface area contributed by atoms with Crippen LogP contribution in [0.25, 0.3) is 0 Å². The van der Waals surface area contributed by atoms with Gasteiger partial charge in [-0.05, 0) is 12.8 Å². The molecule has 0 rings (SSSR count). The van der Waals surface area contributed by atoms with Gasteiger partial charge in [-0.15, -0.1) is 0 Å². The Morgan fingerprint density at radius 3 is 0.805 bits per heavy atom. The van der Waals surface area contributed by atoms with Gasteiger partial charge in [0, 0.05) is 12.8 Å². The Hall–Kier alpha value is 0.200. The number of aliphatic carboxylic acids is 1. The van der Waals surface area contributed by atoms with Crippen molar-refractivity contribution in [3.05, 3.63) is 0 Å². The van der Waals surface area contributed by atoms with Gasteiger partial charge in [-0.3, -0.25) is 9.59 Å². The number of hydrogen-bond donors (Lipinski definition) is 2. The second-order valence-corrected chi connectivity index (χ2v) is 12.3. The van der Waals surface area contributed by atoms with Crippen LogP contribution in [0.5, 0.6) is 0 Å². The van der Waals surface area contributed by atoms with Gasteiger partial charge < -0.3 is 13.7 Å². The van der Waals surface area contributed by atoms with Crippen molar-refractivity contribution in [3.63, 3.8) is 0 Å².